The van der Waals surface area contributed by atoms with Crippen LogP contribution in [0.3, 0.4) is 0 Å². The lowest BCUT2D eigenvalue weighted by molar-refractivity contribution is -0.139. The summed E-state index contributed by atoms with van der Waals surface area (Å²) in [4.78, 5) is 41.7. The number of likely N-dealkylation sites (tertiary alicyclic amines) is 1. The van der Waals surface area contributed by atoms with Gasteiger partial charge in [-0.1, -0.05) is 37.3 Å². The van der Waals surface area contributed by atoms with Gasteiger partial charge in [-0.2, -0.15) is 8.78 Å². The Balaban J connectivity index is 1.11. The van der Waals surface area contributed by atoms with Crippen LogP contribution in [0.4, 0.5) is 8.78 Å². The second-order valence-electron chi connectivity index (χ2n) is 10.6. The number of carbonyl (C=O) groups excluding carboxylic acids is 3. The number of alkyl halides is 2. The first-order valence-electron chi connectivity index (χ1n) is 13.0. The van der Waals surface area contributed by atoms with Crippen LogP contribution in [0.2, 0.25) is 0 Å². The lowest BCUT2D eigenvalue weighted by atomic mass is 10.0. The Morgan fingerprint density at radius 3 is 2.58 bits per heavy atom. The van der Waals surface area contributed by atoms with Gasteiger partial charge in [-0.05, 0) is 47.6 Å². The van der Waals surface area contributed by atoms with Crippen molar-refractivity contribution in [2.24, 2.45) is 17.6 Å². The first-order chi connectivity index (χ1) is 19.1. The molecule has 11 heteroatoms. The molecule has 5 N–H and O–H groups in total. The second kappa shape index (κ2) is 9.51. The largest absolute Gasteiger partial charge is 0.384 e. The Hall–Kier alpha value is -4.12. The van der Waals surface area contributed by atoms with Gasteiger partial charge in [-0.3, -0.25) is 19.8 Å². The van der Waals surface area contributed by atoms with Crippen molar-refractivity contribution in [1.82, 2.24) is 15.5 Å². The minimum absolute atomic E-state index is 0.0415. The third-order valence-electron chi connectivity index (χ3n) is 8.23. The molecule has 3 aliphatic rings. The number of hydrogen-bond acceptors (Lipinski definition) is 5. The van der Waals surface area contributed by atoms with Gasteiger partial charge in [0.25, 0.3) is 11.8 Å². The molecule has 0 bridgehead atoms. The lowest BCUT2D eigenvalue weighted by Crippen LogP contribution is -2.51. The van der Waals surface area contributed by atoms with Gasteiger partial charge < -0.3 is 21.3 Å². The highest BCUT2D eigenvalue weighted by atomic mass is 32.1. The van der Waals surface area contributed by atoms with E-state index in [0.29, 0.717) is 23.1 Å². The minimum Gasteiger partial charge on any atom is -0.384 e. The van der Waals surface area contributed by atoms with E-state index in [1.54, 1.807) is 34.5 Å². The summed E-state index contributed by atoms with van der Waals surface area (Å²) in [5.41, 5.74) is 6.71. The molecule has 8 nitrogen and oxygen atoms in total. The van der Waals surface area contributed by atoms with E-state index in [4.69, 9.17) is 11.1 Å². The van der Waals surface area contributed by atoms with Gasteiger partial charge >= 0.3 is 0 Å². The smallest absolute Gasteiger partial charge is 0.299 e. The quantitative estimate of drug-likeness (QED) is 0.259. The van der Waals surface area contributed by atoms with Crippen molar-refractivity contribution in [3.05, 3.63) is 81.0 Å². The highest BCUT2D eigenvalue weighted by Crippen LogP contribution is 2.53. The van der Waals surface area contributed by atoms with E-state index in [2.05, 4.69) is 10.6 Å². The molecule has 0 spiro atoms. The number of nitrogens with zero attached hydrogens (tertiary/aromatic N) is 1. The number of amides is 3. The van der Waals surface area contributed by atoms with Gasteiger partial charge in [0, 0.05) is 38.6 Å². The number of benzene rings is 2. The van der Waals surface area contributed by atoms with E-state index < -0.39 is 17.9 Å². The third-order valence-corrected chi connectivity index (χ3v) is 9.17. The molecule has 6 rings (SSSR count). The molecule has 2 aliphatic carbocycles. The predicted molar refractivity (Wildman–Crippen MR) is 146 cm³/mol. The third kappa shape index (κ3) is 4.25. The van der Waals surface area contributed by atoms with E-state index in [1.807, 2.05) is 6.92 Å². The second-order valence-corrected chi connectivity index (χ2v) is 11.6. The van der Waals surface area contributed by atoms with E-state index in [-0.39, 0.29) is 65.3 Å². The highest BCUT2D eigenvalue weighted by molar-refractivity contribution is 7.10. The highest BCUT2D eigenvalue weighted by Gasteiger charge is 2.61. The zero-order valence-corrected chi connectivity index (χ0v) is 22.4. The van der Waals surface area contributed by atoms with Crippen molar-refractivity contribution in [1.29, 1.82) is 5.41 Å². The molecule has 1 saturated heterocycles. The molecular weight excluding hydrogens is 536 g/mol. The monoisotopic (exact) mass is 563 g/mol. The Morgan fingerprint density at radius 1 is 1.07 bits per heavy atom. The topological polar surface area (TPSA) is 128 Å². The molecule has 3 aromatic rings. The summed E-state index contributed by atoms with van der Waals surface area (Å²) in [6.45, 7) is 1.99. The molecule has 0 radical (unpaired) electrons. The molecule has 2 heterocycles. The fourth-order valence-electron chi connectivity index (χ4n) is 6.06. The maximum absolute atomic E-state index is 14.9. The Morgan fingerprint density at radius 2 is 1.82 bits per heavy atom. The van der Waals surface area contributed by atoms with Crippen molar-refractivity contribution < 1.29 is 23.2 Å². The van der Waals surface area contributed by atoms with Crippen LogP contribution in [0.15, 0.2) is 53.9 Å². The van der Waals surface area contributed by atoms with Crippen LogP contribution in [0.5, 0.6) is 0 Å². The van der Waals surface area contributed by atoms with Crippen LogP contribution in [0.1, 0.15) is 45.3 Å². The Bertz CT molecular complexity index is 1570. The number of carbonyl (C=O) groups is 3. The number of thiophene rings is 1. The van der Waals surface area contributed by atoms with Crippen LogP contribution >= 0.6 is 11.3 Å². The molecule has 4 atom stereocenters. The number of hydrogen-bond donors (Lipinski definition) is 4. The van der Waals surface area contributed by atoms with Gasteiger partial charge in [-0.25, -0.2) is 0 Å². The van der Waals surface area contributed by atoms with E-state index in [9.17, 15) is 23.2 Å². The van der Waals surface area contributed by atoms with Crippen LogP contribution < -0.4 is 16.4 Å². The number of nitrogen functional groups attached to an aromatic ring is 1. The van der Waals surface area contributed by atoms with Crippen LogP contribution in [-0.2, 0) is 22.1 Å². The van der Waals surface area contributed by atoms with Gasteiger partial charge in [0.05, 0.1) is 13.1 Å². The molecular formula is C29H27F2N5O3S. The number of nitrogens with two attached hydrogens (primary N) is 1. The molecule has 1 aliphatic heterocycles. The maximum atomic E-state index is 14.9. The van der Waals surface area contributed by atoms with Crippen LogP contribution in [-0.4, -0.2) is 47.1 Å². The number of fused-ring (bicyclic) bond motifs is 4. The average Bonchev–Trinajstić information content (AvgIpc) is 3.33. The number of halogens is 2. The maximum Gasteiger partial charge on any atom is 0.299 e. The Kier molecular flexibility index (Phi) is 6.21. The van der Waals surface area contributed by atoms with Crippen molar-refractivity contribution in [3.63, 3.8) is 0 Å². The lowest BCUT2D eigenvalue weighted by Gasteiger charge is -2.28. The van der Waals surface area contributed by atoms with E-state index >= 15 is 0 Å². The zero-order chi connectivity index (χ0) is 28.3. The normalized spacial score (nSPS) is 23.1. The molecule has 2 aromatic carbocycles. The summed E-state index contributed by atoms with van der Waals surface area (Å²) in [6, 6.07) is 11.3. The standard InChI is InChI=1S/C29H27F2N5O3S/c1-14-19-10-23(28(39)34-11-17-8-16(13-40-17)26(32)33)36(25(14)19)24(37)12-35-27(38)15-6-7-22-20(9-15)18-4-2-3-5-21(18)29(22,30)31/h2-9,13-14,19,23,25H,10-12H2,1H3,(H3,32,33)(H,34,39)(H,35,38)/t14-,19?,23?,25?/m0/s1. The van der Waals surface area contributed by atoms with Crippen LogP contribution in [0.25, 0.3) is 11.1 Å². The molecule has 3 unspecified atom stereocenters. The first-order valence-corrected chi connectivity index (χ1v) is 13.9. The molecule has 3 amide bonds. The fraction of sp³-hybridized carbons (Fsp3) is 0.310. The van der Waals surface area contributed by atoms with Gasteiger partial charge in [-0.15, -0.1) is 11.3 Å². The summed E-state index contributed by atoms with van der Waals surface area (Å²) in [5, 5.41) is 14.8. The van der Waals surface area contributed by atoms with E-state index in [0.717, 1.165) is 4.88 Å². The molecule has 40 heavy (non-hydrogen) atoms. The molecule has 1 saturated carbocycles. The SMILES string of the molecule is C[C@H]1C2CC(C(=O)NCc3cc(C(=N)N)cs3)N(C(=O)CNC(=O)c3ccc4c(c3)-c3ccccc3C4(F)F)C21. The summed E-state index contributed by atoms with van der Waals surface area (Å²) < 4.78 is 29.7. The van der Waals surface area contributed by atoms with Gasteiger partial charge in [0.1, 0.15) is 11.9 Å². The molecule has 1 aromatic heterocycles. The molecule has 2 fully saturated rings. The Labute approximate surface area is 233 Å². The molecule has 206 valence electrons. The van der Waals surface area contributed by atoms with Crippen molar-refractivity contribution >= 4 is 34.9 Å². The van der Waals surface area contributed by atoms with Gasteiger partial charge in [0.15, 0.2) is 0 Å². The summed E-state index contributed by atoms with van der Waals surface area (Å²) >= 11 is 1.39. The number of amidine groups is 1. The van der Waals surface area contributed by atoms with Crippen molar-refractivity contribution in [2.45, 2.75) is 37.9 Å². The minimum atomic E-state index is -3.14. The summed E-state index contributed by atoms with van der Waals surface area (Å²) in [5.74, 6) is -3.85. The number of rotatable bonds is 7. The summed E-state index contributed by atoms with van der Waals surface area (Å²) in [7, 11) is 0. The predicted octanol–water partition coefficient (Wildman–Crippen LogP) is 3.43. The number of nitrogens with one attached hydrogen (secondary N) is 3. The zero-order valence-electron chi connectivity index (χ0n) is 21.5. The van der Waals surface area contributed by atoms with Crippen LogP contribution in [0, 0.1) is 17.2 Å². The van der Waals surface area contributed by atoms with Crippen molar-refractivity contribution in [3.8, 4) is 11.1 Å². The first kappa shape index (κ1) is 26.1. The van der Waals surface area contributed by atoms with Gasteiger partial charge in [0.2, 0.25) is 11.8 Å². The van der Waals surface area contributed by atoms with E-state index in [1.165, 1.54) is 35.6 Å². The average molecular weight is 564 g/mol. The number of piperidine rings is 1. The summed E-state index contributed by atoms with van der Waals surface area (Å²) in [6.07, 6.45) is 0.554. The van der Waals surface area contributed by atoms with Crippen molar-refractivity contribution in [2.75, 3.05) is 6.54 Å². The fourth-order valence-corrected chi connectivity index (χ4v) is 6.89.